The molecule has 0 saturated heterocycles. The second-order valence-electron chi connectivity index (χ2n) is 5.77. The molecule has 1 aliphatic rings. The Kier molecular flexibility index (Phi) is 4.33. The number of ether oxygens (including phenoxy) is 1. The fourth-order valence-corrected chi connectivity index (χ4v) is 2.56. The van der Waals surface area contributed by atoms with E-state index < -0.39 is 0 Å². The highest BCUT2D eigenvalue weighted by Crippen LogP contribution is 2.46. The van der Waals surface area contributed by atoms with Gasteiger partial charge in [-0.15, -0.1) is 0 Å². The van der Waals surface area contributed by atoms with Crippen LogP contribution in [-0.2, 0) is 11.2 Å². The van der Waals surface area contributed by atoms with Gasteiger partial charge in [0.25, 0.3) is 0 Å². The number of likely N-dealkylation sites (N-methyl/N-ethyl adjacent to an activating group) is 1. The number of benzene rings is 1. The Morgan fingerprint density at radius 3 is 2.65 bits per heavy atom. The molecule has 110 valence electrons. The summed E-state index contributed by atoms with van der Waals surface area (Å²) in [5, 5.41) is 0. The highest BCUT2D eigenvalue weighted by Gasteiger charge is 2.50. The van der Waals surface area contributed by atoms with Crippen molar-refractivity contribution in [3.05, 3.63) is 29.8 Å². The zero-order chi connectivity index (χ0) is 14.8. The fraction of sp³-hybridized carbons (Fsp3) is 0.562. The Morgan fingerprint density at radius 1 is 1.45 bits per heavy atom. The van der Waals surface area contributed by atoms with Crippen molar-refractivity contribution >= 4 is 5.91 Å². The van der Waals surface area contributed by atoms with Gasteiger partial charge in [-0.25, -0.2) is 0 Å². The normalized spacial score (nSPS) is 17.4. The van der Waals surface area contributed by atoms with Crippen molar-refractivity contribution in [1.29, 1.82) is 0 Å². The number of hydrogen-bond donors (Lipinski definition) is 1. The fourth-order valence-electron chi connectivity index (χ4n) is 2.56. The van der Waals surface area contributed by atoms with Crippen molar-refractivity contribution in [1.82, 2.24) is 4.90 Å². The molecular weight excluding hydrogens is 252 g/mol. The van der Waals surface area contributed by atoms with Gasteiger partial charge in [-0.1, -0.05) is 18.2 Å². The van der Waals surface area contributed by atoms with Gasteiger partial charge in [-0.3, -0.25) is 4.79 Å². The molecule has 1 atom stereocenters. The van der Waals surface area contributed by atoms with Gasteiger partial charge in [0, 0.05) is 19.6 Å². The quantitative estimate of drug-likeness (QED) is 0.862. The van der Waals surface area contributed by atoms with E-state index in [2.05, 4.69) is 6.92 Å². The number of nitrogens with zero attached hydrogens (tertiary/aromatic N) is 1. The van der Waals surface area contributed by atoms with Crippen LogP contribution in [0.25, 0.3) is 0 Å². The molecule has 1 amide bonds. The molecule has 4 nitrogen and oxygen atoms in total. The summed E-state index contributed by atoms with van der Waals surface area (Å²) in [6.45, 7) is 2.52. The molecule has 1 saturated carbocycles. The van der Waals surface area contributed by atoms with E-state index in [9.17, 15) is 4.79 Å². The number of carbonyl (C=O) groups is 1. The van der Waals surface area contributed by atoms with Gasteiger partial charge < -0.3 is 15.4 Å². The van der Waals surface area contributed by atoms with E-state index >= 15 is 0 Å². The number of carbonyl (C=O) groups excluding carboxylic acids is 1. The summed E-state index contributed by atoms with van der Waals surface area (Å²) in [5.41, 5.74) is 6.59. The van der Waals surface area contributed by atoms with Crippen molar-refractivity contribution in [2.45, 2.75) is 32.2 Å². The highest BCUT2D eigenvalue weighted by atomic mass is 16.5. The predicted molar refractivity (Wildman–Crippen MR) is 79.7 cm³/mol. The third-order valence-corrected chi connectivity index (χ3v) is 4.39. The maximum atomic E-state index is 12.5. The van der Waals surface area contributed by atoms with Gasteiger partial charge in [-0.2, -0.15) is 0 Å². The number of amides is 1. The van der Waals surface area contributed by atoms with Gasteiger partial charge in [0.15, 0.2) is 0 Å². The van der Waals surface area contributed by atoms with E-state index in [0.717, 1.165) is 30.6 Å². The Bertz CT molecular complexity index is 483. The minimum Gasteiger partial charge on any atom is -0.496 e. The first-order valence-corrected chi connectivity index (χ1v) is 7.13. The zero-order valence-electron chi connectivity index (χ0n) is 12.6. The van der Waals surface area contributed by atoms with Gasteiger partial charge in [0.05, 0.1) is 12.5 Å². The second kappa shape index (κ2) is 5.83. The van der Waals surface area contributed by atoms with Crippen LogP contribution in [0.5, 0.6) is 5.75 Å². The van der Waals surface area contributed by atoms with E-state index in [4.69, 9.17) is 10.5 Å². The Hall–Kier alpha value is -1.55. The Morgan fingerprint density at radius 2 is 2.10 bits per heavy atom. The molecule has 2 N–H and O–H groups in total. The number of para-hydroxylation sites is 1. The van der Waals surface area contributed by atoms with E-state index in [-0.39, 0.29) is 17.4 Å². The molecular formula is C16H24N2O2. The molecule has 0 aromatic heterocycles. The summed E-state index contributed by atoms with van der Waals surface area (Å²) in [6, 6.07) is 8.07. The van der Waals surface area contributed by atoms with E-state index in [1.54, 1.807) is 7.11 Å². The summed E-state index contributed by atoms with van der Waals surface area (Å²) in [7, 11) is 3.55. The van der Waals surface area contributed by atoms with E-state index in [1.165, 1.54) is 0 Å². The van der Waals surface area contributed by atoms with Crippen molar-refractivity contribution in [3.8, 4) is 5.75 Å². The summed E-state index contributed by atoms with van der Waals surface area (Å²) in [4.78, 5) is 14.3. The largest absolute Gasteiger partial charge is 0.496 e. The maximum absolute atomic E-state index is 12.5. The van der Waals surface area contributed by atoms with Crippen molar-refractivity contribution in [3.63, 3.8) is 0 Å². The molecule has 1 aromatic carbocycles. The summed E-state index contributed by atoms with van der Waals surface area (Å²) in [6.07, 6.45) is 2.63. The molecule has 20 heavy (non-hydrogen) atoms. The molecule has 4 heteroatoms. The highest BCUT2D eigenvalue weighted by molar-refractivity contribution is 5.85. The number of nitrogens with two attached hydrogens (primary N) is 1. The van der Waals surface area contributed by atoms with Crippen LogP contribution < -0.4 is 10.5 Å². The monoisotopic (exact) mass is 276 g/mol. The molecule has 1 aromatic rings. The van der Waals surface area contributed by atoms with Gasteiger partial charge in [0.2, 0.25) is 5.91 Å². The number of hydrogen-bond acceptors (Lipinski definition) is 3. The molecule has 0 bridgehead atoms. The smallest absolute Gasteiger partial charge is 0.230 e. The lowest BCUT2D eigenvalue weighted by Crippen LogP contribution is -2.43. The van der Waals surface area contributed by atoms with Crippen LogP contribution in [0.1, 0.15) is 25.3 Å². The van der Waals surface area contributed by atoms with Crippen LogP contribution in [0.4, 0.5) is 0 Å². The summed E-state index contributed by atoms with van der Waals surface area (Å²) >= 11 is 0. The third kappa shape index (κ3) is 2.80. The molecule has 0 heterocycles. The first-order valence-electron chi connectivity index (χ1n) is 7.13. The standard InChI is InChI=1S/C16H24N2O2/c1-12(10-13-6-4-5-7-14(13)20-3)18(2)15(19)16(11-17)8-9-16/h4-7,12H,8-11,17H2,1-3H3. The van der Waals surface area contributed by atoms with Crippen LogP contribution in [0.15, 0.2) is 24.3 Å². The van der Waals surface area contributed by atoms with Gasteiger partial charge >= 0.3 is 0 Å². The molecule has 0 radical (unpaired) electrons. The van der Waals surface area contributed by atoms with Crippen LogP contribution in [-0.4, -0.2) is 37.6 Å². The predicted octanol–water partition coefficient (Wildman–Crippen LogP) is 1.82. The van der Waals surface area contributed by atoms with Crippen molar-refractivity contribution < 1.29 is 9.53 Å². The minimum absolute atomic E-state index is 0.128. The van der Waals surface area contributed by atoms with E-state index in [1.807, 2.05) is 36.2 Å². The first kappa shape index (κ1) is 14.9. The van der Waals surface area contributed by atoms with Gasteiger partial charge in [0.1, 0.15) is 5.75 Å². The van der Waals surface area contributed by atoms with Crippen LogP contribution in [0.3, 0.4) is 0 Å². The third-order valence-electron chi connectivity index (χ3n) is 4.39. The summed E-state index contributed by atoms with van der Waals surface area (Å²) < 4.78 is 5.36. The first-order chi connectivity index (χ1) is 9.54. The molecule has 0 spiro atoms. The maximum Gasteiger partial charge on any atom is 0.230 e. The lowest BCUT2D eigenvalue weighted by Gasteiger charge is -2.29. The van der Waals surface area contributed by atoms with Gasteiger partial charge in [-0.05, 0) is 37.8 Å². The second-order valence-corrected chi connectivity index (χ2v) is 5.77. The van der Waals surface area contributed by atoms with Crippen LogP contribution in [0, 0.1) is 5.41 Å². The number of rotatable bonds is 6. The minimum atomic E-state index is -0.274. The molecule has 2 rings (SSSR count). The molecule has 1 fully saturated rings. The lowest BCUT2D eigenvalue weighted by atomic mass is 10.0. The van der Waals surface area contributed by atoms with Crippen molar-refractivity contribution in [2.75, 3.05) is 20.7 Å². The average molecular weight is 276 g/mol. The van der Waals surface area contributed by atoms with Crippen LogP contribution in [0.2, 0.25) is 0 Å². The lowest BCUT2D eigenvalue weighted by molar-refractivity contribution is -0.137. The average Bonchev–Trinajstić information content (AvgIpc) is 3.27. The number of methoxy groups -OCH3 is 1. The van der Waals surface area contributed by atoms with Crippen molar-refractivity contribution in [2.24, 2.45) is 11.1 Å². The molecule has 1 unspecified atom stereocenters. The molecule has 0 aliphatic heterocycles. The topological polar surface area (TPSA) is 55.6 Å². The Labute approximate surface area is 120 Å². The van der Waals surface area contributed by atoms with Crippen LogP contribution >= 0.6 is 0 Å². The summed E-state index contributed by atoms with van der Waals surface area (Å²) in [5.74, 6) is 1.06. The Balaban J connectivity index is 2.04. The van der Waals surface area contributed by atoms with E-state index in [0.29, 0.717) is 6.54 Å². The molecule has 1 aliphatic carbocycles. The zero-order valence-corrected chi connectivity index (χ0v) is 12.6. The SMILES string of the molecule is COc1ccccc1CC(C)N(C)C(=O)C1(CN)CC1.